The second-order valence-electron chi connectivity index (χ2n) is 10.6. The van der Waals surface area contributed by atoms with Crippen LogP contribution < -0.4 is 4.90 Å². The number of aryl methyl sites for hydroxylation is 1. The molecule has 0 saturated carbocycles. The van der Waals surface area contributed by atoms with Crippen LogP contribution >= 0.6 is 11.6 Å². The number of imidazole rings is 1. The number of aromatic nitrogens is 2. The Morgan fingerprint density at radius 3 is 2.14 bits per heavy atom. The van der Waals surface area contributed by atoms with E-state index >= 15 is 0 Å². The first-order valence-electron chi connectivity index (χ1n) is 12.8. The molecule has 1 fully saturated rings. The minimum absolute atomic E-state index is 0.564. The Hall–Kier alpha value is -2.26. The van der Waals surface area contributed by atoms with Crippen molar-refractivity contribution in [2.75, 3.05) is 31.2 Å². The van der Waals surface area contributed by atoms with E-state index in [1.54, 1.807) is 0 Å². The van der Waals surface area contributed by atoms with E-state index in [0.717, 1.165) is 59.4 Å². The summed E-state index contributed by atoms with van der Waals surface area (Å²) >= 11 is 6.58. The molecule has 2 heterocycles. The Kier molecular flexibility index (Phi) is 7.66. The van der Waals surface area contributed by atoms with Gasteiger partial charge in [0.15, 0.2) is 5.82 Å². The fourth-order valence-corrected chi connectivity index (χ4v) is 11.1. The van der Waals surface area contributed by atoms with Crippen molar-refractivity contribution < 1.29 is 4.74 Å². The molecule has 1 aromatic heterocycles. The molecule has 0 N–H and O–H groups in total. The molecule has 4 rings (SSSR count). The van der Waals surface area contributed by atoms with Gasteiger partial charge in [0.2, 0.25) is 0 Å². The van der Waals surface area contributed by atoms with Gasteiger partial charge in [0, 0.05) is 29.5 Å². The molecule has 4 nitrogen and oxygen atoms in total. The van der Waals surface area contributed by atoms with Gasteiger partial charge in [-0.3, -0.25) is 4.57 Å². The molecule has 186 valence electrons. The Labute approximate surface area is 216 Å². The van der Waals surface area contributed by atoms with Crippen molar-refractivity contribution in [3.8, 4) is 17.2 Å². The zero-order valence-corrected chi connectivity index (χ0v) is 23.9. The Bertz CT molecular complexity index is 1240. The molecule has 0 bridgehead atoms. The van der Waals surface area contributed by atoms with Crippen LogP contribution in [-0.2, 0) is 4.74 Å². The van der Waals surface area contributed by atoms with E-state index in [0.29, 0.717) is 16.6 Å². The van der Waals surface area contributed by atoms with Crippen LogP contribution in [0.4, 0.5) is 5.69 Å². The summed E-state index contributed by atoms with van der Waals surface area (Å²) in [4.78, 5) is 7.41. The summed E-state index contributed by atoms with van der Waals surface area (Å²) in [7, 11) is -1.90. The molecule has 0 spiro atoms. The molecule has 2 aromatic carbocycles. The molecule has 1 aliphatic heterocycles. The van der Waals surface area contributed by atoms with Crippen LogP contribution in [-0.4, -0.2) is 43.9 Å². The molecule has 0 atom stereocenters. The predicted octanol–water partition coefficient (Wildman–Crippen LogP) is 7.39. The van der Waals surface area contributed by atoms with Crippen molar-refractivity contribution >= 4 is 36.4 Å². The van der Waals surface area contributed by atoms with E-state index in [1.807, 2.05) is 13.0 Å². The molecular formula is C29H38ClN3OSi. The van der Waals surface area contributed by atoms with Gasteiger partial charge in [-0.2, -0.15) is 0 Å². The first-order valence-corrected chi connectivity index (χ1v) is 15.4. The maximum Gasteiger partial charge on any atom is 0.190 e. The van der Waals surface area contributed by atoms with Crippen LogP contribution in [0, 0.1) is 18.4 Å². The second-order valence-corrected chi connectivity index (χ2v) is 16.6. The molecule has 0 radical (unpaired) electrons. The van der Waals surface area contributed by atoms with Gasteiger partial charge in [-0.25, -0.2) is 4.98 Å². The van der Waals surface area contributed by atoms with Gasteiger partial charge in [-0.15, -0.1) is 5.54 Å². The van der Waals surface area contributed by atoms with Crippen molar-refractivity contribution in [2.24, 2.45) is 0 Å². The number of hydrogen-bond donors (Lipinski definition) is 0. The molecular weight excluding hydrogens is 470 g/mol. The number of fused-ring (bicyclic) bond motifs is 1. The minimum atomic E-state index is -1.90. The van der Waals surface area contributed by atoms with Crippen molar-refractivity contribution in [3.63, 3.8) is 0 Å². The Morgan fingerprint density at radius 2 is 1.54 bits per heavy atom. The lowest BCUT2D eigenvalue weighted by atomic mass is 10.2. The van der Waals surface area contributed by atoms with Gasteiger partial charge in [-0.05, 0) is 65.4 Å². The molecule has 6 heteroatoms. The van der Waals surface area contributed by atoms with E-state index in [2.05, 4.69) is 92.8 Å². The molecule has 1 saturated heterocycles. The second kappa shape index (κ2) is 10.4. The highest BCUT2D eigenvalue weighted by molar-refractivity contribution is 6.90. The van der Waals surface area contributed by atoms with Crippen LogP contribution in [0.25, 0.3) is 16.7 Å². The molecule has 0 unspecified atom stereocenters. The highest BCUT2D eigenvalue weighted by atomic mass is 35.5. The number of ether oxygens (including phenoxy) is 1. The largest absolute Gasteiger partial charge is 0.378 e. The number of morpholine rings is 1. The fraction of sp³-hybridized carbons (Fsp3) is 0.483. The third-order valence-corrected chi connectivity index (χ3v) is 14.4. The monoisotopic (exact) mass is 507 g/mol. The predicted molar refractivity (Wildman–Crippen MR) is 152 cm³/mol. The van der Waals surface area contributed by atoms with Crippen LogP contribution in [0.2, 0.25) is 21.6 Å². The van der Waals surface area contributed by atoms with Gasteiger partial charge in [-0.1, -0.05) is 59.2 Å². The van der Waals surface area contributed by atoms with Crippen molar-refractivity contribution in [2.45, 2.75) is 65.1 Å². The third-order valence-electron chi connectivity index (χ3n) is 7.68. The first-order chi connectivity index (χ1) is 16.6. The maximum absolute atomic E-state index is 6.58. The van der Waals surface area contributed by atoms with E-state index in [9.17, 15) is 0 Å². The maximum atomic E-state index is 6.58. The van der Waals surface area contributed by atoms with Crippen LogP contribution in [0.15, 0.2) is 36.4 Å². The number of hydrogen-bond acceptors (Lipinski definition) is 3. The number of halogens is 1. The summed E-state index contributed by atoms with van der Waals surface area (Å²) in [6.07, 6.45) is 0. The van der Waals surface area contributed by atoms with E-state index < -0.39 is 8.07 Å². The molecule has 35 heavy (non-hydrogen) atoms. The average Bonchev–Trinajstić information content (AvgIpc) is 3.18. The van der Waals surface area contributed by atoms with Gasteiger partial charge in [0.05, 0.1) is 24.2 Å². The SMILES string of the molecule is Cc1ccc(-n2c(C#C[Si](C(C)C)(C(C)C)C(C)C)nc3ccc(N4CCOCC4)cc32)cc1Cl. The standard InChI is InChI=1S/C29H38ClN3OSi/c1-20(2)35(21(3)4,22(5)6)17-12-29-31-27-11-10-24(32-13-15-34-16-14-32)19-28(27)33(29)25-9-8-23(7)26(30)18-25/h8-11,18-22H,13-16H2,1-7H3. The molecule has 0 amide bonds. The average molecular weight is 508 g/mol. The molecule has 3 aromatic rings. The van der Waals surface area contributed by atoms with Gasteiger partial charge in [0.25, 0.3) is 0 Å². The zero-order valence-electron chi connectivity index (χ0n) is 22.2. The smallest absolute Gasteiger partial charge is 0.190 e. The third kappa shape index (κ3) is 4.89. The minimum Gasteiger partial charge on any atom is -0.378 e. The van der Waals surface area contributed by atoms with Crippen LogP contribution in [0.1, 0.15) is 52.9 Å². The lowest BCUT2D eigenvalue weighted by Crippen LogP contribution is -2.43. The summed E-state index contributed by atoms with van der Waals surface area (Å²) in [5.41, 5.74) is 10.8. The Balaban J connectivity index is 1.93. The number of benzene rings is 2. The zero-order chi connectivity index (χ0) is 25.3. The molecule has 0 aliphatic carbocycles. The van der Waals surface area contributed by atoms with Crippen LogP contribution in [0.3, 0.4) is 0 Å². The number of rotatable bonds is 5. The first kappa shape index (κ1) is 25.8. The lowest BCUT2D eigenvalue weighted by molar-refractivity contribution is 0.122. The summed E-state index contributed by atoms with van der Waals surface area (Å²) in [5, 5.41) is 0.753. The highest BCUT2D eigenvalue weighted by Gasteiger charge is 2.41. The van der Waals surface area contributed by atoms with Crippen molar-refractivity contribution in [1.82, 2.24) is 9.55 Å². The Morgan fingerprint density at radius 1 is 0.914 bits per heavy atom. The number of nitrogens with zero attached hydrogens (tertiary/aromatic N) is 3. The lowest BCUT2D eigenvalue weighted by Gasteiger charge is -2.38. The quantitative estimate of drug-likeness (QED) is 0.266. The normalized spacial score (nSPS) is 14.8. The fourth-order valence-electron chi connectivity index (χ4n) is 5.75. The summed E-state index contributed by atoms with van der Waals surface area (Å²) in [6.45, 7) is 19.4. The van der Waals surface area contributed by atoms with Crippen molar-refractivity contribution in [1.29, 1.82) is 0 Å². The van der Waals surface area contributed by atoms with Gasteiger partial charge < -0.3 is 9.64 Å². The summed E-state index contributed by atoms with van der Waals surface area (Å²) < 4.78 is 7.76. The summed E-state index contributed by atoms with van der Waals surface area (Å²) in [6, 6.07) is 12.7. The highest BCUT2D eigenvalue weighted by Crippen LogP contribution is 2.41. The van der Waals surface area contributed by atoms with E-state index in [-0.39, 0.29) is 0 Å². The summed E-state index contributed by atoms with van der Waals surface area (Å²) in [5.74, 6) is 4.40. The van der Waals surface area contributed by atoms with E-state index in [1.165, 1.54) is 5.69 Å². The van der Waals surface area contributed by atoms with Crippen molar-refractivity contribution in [3.05, 3.63) is 52.8 Å². The topological polar surface area (TPSA) is 30.3 Å². The number of anilines is 1. The van der Waals surface area contributed by atoms with Gasteiger partial charge >= 0.3 is 0 Å². The van der Waals surface area contributed by atoms with E-state index in [4.69, 9.17) is 21.3 Å². The van der Waals surface area contributed by atoms with Crippen LogP contribution in [0.5, 0.6) is 0 Å². The molecule has 1 aliphatic rings. The van der Waals surface area contributed by atoms with Gasteiger partial charge in [0.1, 0.15) is 8.07 Å².